The number of hydrogen-bond donors (Lipinski definition) is 3. The first kappa shape index (κ1) is 21.7. The summed E-state index contributed by atoms with van der Waals surface area (Å²) in [6, 6.07) is 7.13. The number of benzene rings is 1. The highest BCUT2D eigenvalue weighted by Gasteiger charge is 2.56. The molecule has 2 atom stereocenters. The maximum Gasteiger partial charge on any atom is 0.335 e. The number of aromatic carboxylic acids is 1. The highest BCUT2D eigenvalue weighted by atomic mass is 16.4. The lowest BCUT2D eigenvalue weighted by molar-refractivity contribution is -0.151. The summed E-state index contributed by atoms with van der Waals surface area (Å²) in [4.78, 5) is 41.6. The molecular weight excluding hydrogens is 400 g/mol. The van der Waals surface area contributed by atoms with E-state index in [1.165, 1.54) is 6.92 Å². The fraction of sp³-hybridized carbons (Fsp3) is 0.591. The summed E-state index contributed by atoms with van der Waals surface area (Å²) in [6.45, 7) is 5.81. The molecule has 3 fully saturated rings. The average molecular weight is 431 g/mol. The van der Waals surface area contributed by atoms with Crippen molar-refractivity contribution in [2.45, 2.75) is 44.0 Å². The van der Waals surface area contributed by atoms with E-state index in [1.807, 2.05) is 11.0 Å². The second-order valence-electron chi connectivity index (χ2n) is 9.08. The minimum absolute atomic E-state index is 0.0294. The van der Waals surface area contributed by atoms with Gasteiger partial charge in [-0.15, -0.1) is 0 Å². The van der Waals surface area contributed by atoms with Gasteiger partial charge in [-0.3, -0.25) is 19.4 Å². The van der Waals surface area contributed by atoms with E-state index < -0.39 is 5.97 Å². The summed E-state index contributed by atoms with van der Waals surface area (Å²) in [5, 5.41) is 22.1. The Bertz CT molecular complexity index is 869. The number of hydrogen-bond acceptors (Lipinski definition) is 6. The molecule has 9 heteroatoms. The van der Waals surface area contributed by atoms with Gasteiger partial charge in [0, 0.05) is 65.2 Å². The van der Waals surface area contributed by atoms with Crippen LogP contribution in [0.3, 0.4) is 0 Å². The second kappa shape index (κ2) is 8.57. The molecule has 3 heterocycles. The first-order valence-corrected chi connectivity index (χ1v) is 10.8. The maximum absolute atomic E-state index is 12.8. The first-order chi connectivity index (χ1) is 14.8. The second-order valence-corrected chi connectivity index (χ2v) is 9.08. The Balaban J connectivity index is 1.41. The number of carbonyl (C=O) groups is 3. The third kappa shape index (κ3) is 4.58. The van der Waals surface area contributed by atoms with Gasteiger partial charge in [0.1, 0.15) is 0 Å². The Morgan fingerprint density at radius 3 is 2.68 bits per heavy atom. The standard InChI is InChI=1S/C22H30N4O5/c1-15(27)23-6-5-20(29)25-10-18-8-19(28)11-26(18)22(14-25)12-24(13-22)9-16-3-2-4-17(7-16)21(30)31/h2-4,7,18-19,28H,5-6,8-14H2,1H3,(H,23,27)(H,30,31)/t18-,19+/m0/s1. The summed E-state index contributed by atoms with van der Waals surface area (Å²) < 4.78 is 0. The zero-order valence-corrected chi connectivity index (χ0v) is 17.8. The lowest BCUT2D eigenvalue weighted by Gasteiger charge is -2.61. The number of likely N-dealkylation sites (tertiary alicyclic amines) is 1. The van der Waals surface area contributed by atoms with Crippen LogP contribution < -0.4 is 5.32 Å². The molecule has 1 aromatic carbocycles. The van der Waals surface area contributed by atoms with Gasteiger partial charge in [-0.05, 0) is 24.1 Å². The van der Waals surface area contributed by atoms with Crippen LogP contribution >= 0.6 is 0 Å². The van der Waals surface area contributed by atoms with Crippen LogP contribution in [0.5, 0.6) is 0 Å². The van der Waals surface area contributed by atoms with E-state index in [2.05, 4.69) is 15.1 Å². The number of carboxylic acids is 1. The summed E-state index contributed by atoms with van der Waals surface area (Å²) >= 11 is 0. The van der Waals surface area contributed by atoms with E-state index in [0.717, 1.165) is 18.7 Å². The van der Waals surface area contributed by atoms with Gasteiger partial charge in [0.15, 0.2) is 0 Å². The fourth-order valence-electron chi connectivity index (χ4n) is 5.35. The third-order valence-electron chi connectivity index (χ3n) is 6.60. The van der Waals surface area contributed by atoms with Gasteiger partial charge < -0.3 is 20.4 Å². The SMILES string of the molecule is CC(=O)NCCC(=O)N1C[C@@H]2C[C@@H](O)CN2C2(CN(Cc3cccc(C(=O)O)c3)C2)C1. The maximum atomic E-state index is 12.8. The summed E-state index contributed by atoms with van der Waals surface area (Å²) in [5.74, 6) is -1.05. The van der Waals surface area contributed by atoms with Crippen LogP contribution in [0.15, 0.2) is 24.3 Å². The molecule has 1 spiro atoms. The number of amides is 2. The van der Waals surface area contributed by atoms with E-state index >= 15 is 0 Å². The van der Waals surface area contributed by atoms with Gasteiger partial charge in [-0.1, -0.05) is 12.1 Å². The number of carbonyl (C=O) groups excluding carboxylic acids is 2. The lowest BCUT2D eigenvalue weighted by atomic mass is 9.83. The van der Waals surface area contributed by atoms with Gasteiger partial charge in [-0.2, -0.15) is 0 Å². The molecule has 31 heavy (non-hydrogen) atoms. The van der Waals surface area contributed by atoms with Crippen molar-refractivity contribution in [1.29, 1.82) is 0 Å². The summed E-state index contributed by atoms with van der Waals surface area (Å²) in [7, 11) is 0. The molecule has 2 amide bonds. The zero-order chi connectivity index (χ0) is 22.2. The number of rotatable bonds is 6. The number of β-amino-alcohol motifs (C(OH)–C–C–N with tert-alkyl or cyclic N) is 1. The van der Waals surface area contributed by atoms with Gasteiger partial charge in [0.2, 0.25) is 11.8 Å². The van der Waals surface area contributed by atoms with Gasteiger partial charge >= 0.3 is 5.97 Å². The van der Waals surface area contributed by atoms with Crippen LogP contribution in [0.4, 0.5) is 0 Å². The van der Waals surface area contributed by atoms with Crippen molar-refractivity contribution in [2.75, 3.05) is 39.3 Å². The quantitative estimate of drug-likeness (QED) is 0.570. The van der Waals surface area contributed by atoms with Crippen LogP contribution in [0.25, 0.3) is 0 Å². The van der Waals surface area contributed by atoms with Crippen LogP contribution in [0.1, 0.15) is 35.7 Å². The molecule has 9 nitrogen and oxygen atoms in total. The van der Waals surface area contributed by atoms with E-state index in [-0.39, 0.29) is 41.5 Å². The molecule has 4 rings (SSSR count). The molecule has 0 bridgehead atoms. The fourth-order valence-corrected chi connectivity index (χ4v) is 5.35. The first-order valence-electron chi connectivity index (χ1n) is 10.8. The Hall–Kier alpha value is -2.49. The Kier molecular flexibility index (Phi) is 6.00. The van der Waals surface area contributed by atoms with Crippen molar-refractivity contribution >= 4 is 17.8 Å². The third-order valence-corrected chi connectivity index (χ3v) is 6.60. The van der Waals surface area contributed by atoms with Crippen molar-refractivity contribution in [3.63, 3.8) is 0 Å². The van der Waals surface area contributed by atoms with E-state index in [9.17, 15) is 24.6 Å². The van der Waals surface area contributed by atoms with Crippen molar-refractivity contribution < 1.29 is 24.6 Å². The van der Waals surface area contributed by atoms with Crippen LogP contribution in [-0.2, 0) is 16.1 Å². The predicted octanol–water partition coefficient (Wildman–Crippen LogP) is -0.257. The monoisotopic (exact) mass is 430 g/mol. The van der Waals surface area contributed by atoms with Gasteiger partial charge in [0.25, 0.3) is 0 Å². The van der Waals surface area contributed by atoms with Crippen molar-refractivity contribution in [1.82, 2.24) is 20.0 Å². The lowest BCUT2D eigenvalue weighted by Crippen LogP contribution is -2.78. The number of fused-ring (bicyclic) bond motifs is 2. The molecule has 1 aromatic rings. The van der Waals surface area contributed by atoms with Gasteiger partial charge in [-0.25, -0.2) is 4.79 Å². The Morgan fingerprint density at radius 1 is 1.19 bits per heavy atom. The van der Waals surface area contributed by atoms with Gasteiger partial charge in [0.05, 0.1) is 17.2 Å². The average Bonchev–Trinajstić information content (AvgIpc) is 3.07. The highest BCUT2D eigenvalue weighted by molar-refractivity contribution is 5.87. The Labute approximate surface area is 181 Å². The van der Waals surface area contributed by atoms with Crippen LogP contribution in [-0.4, -0.2) is 99.6 Å². The molecule has 3 aliphatic rings. The predicted molar refractivity (Wildman–Crippen MR) is 112 cm³/mol. The number of carboxylic acid groups (broad SMARTS) is 1. The van der Waals surface area contributed by atoms with E-state index in [4.69, 9.17) is 0 Å². The molecule has 0 radical (unpaired) electrons. The van der Waals surface area contributed by atoms with Crippen molar-refractivity contribution in [3.05, 3.63) is 35.4 Å². The number of aliphatic hydroxyl groups is 1. The van der Waals surface area contributed by atoms with E-state index in [1.54, 1.807) is 18.2 Å². The number of piperazine rings is 1. The molecular formula is C22H30N4O5. The zero-order valence-electron chi connectivity index (χ0n) is 17.8. The van der Waals surface area contributed by atoms with Crippen molar-refractivity contribution in [3.8, 4) is 0 Å². The number of nitrogens with zero attached hydrogens (tertiary/aromatic N) is 3. The molecule has 168 valence electrons. The molecule has 0 aromatic heterocycles. The molecule has 0 aliphatic carbocycles. The van der Waals surface area contributed by atoms with Crippen LogP contribution in [0, 0.1) is 0 Å². The normalized spacial score (nSPS) is 25.2. The van der Waals surface area contributed by atoms with E-state index in [0.29, 0.717) is 39.1 Å². The van der Waals surface area contributed by atoms with Crippen LogP contribution in [0.2, 0.25) is 0 Å². The topological polar surface area (TPSA) is 113 Å². The molecule has 0 saturated carbocycles. The smallest absolute Gasteiger partial charge is 0.335 e. The summed E-state index contributed by atoms with van der Waals surface area (Å²) in [5.41, 5.74) is 1.05. The Morgan fingerprint density at radius 2 is 1.97 bits per heavy atom. The minimum atomic E-state index is -0.934. The highest BCUT2D eigenvalue weighted by Crippen LogP contribution is 2.39. The molecule has 3 aliphatic heterocycles. The molecule has 3 N–H and O–H groups in total. The minimum Gasteiger partial charge on any atom is -0.478 e. The number of aliphatic hydroxyl groups excluding tert-OH is 1. The molecule has 3 saturated heterocycles. The van der Waals surface area contributed by atoms with Crippen molar-refractivity contribution in [2.24, 2.45) is 0 Å². The summed E-state index contributed by atoms with van der Waals surface area (Å²) in [6.07, 6.45) is 0.562. The molecule has 0 unspecified atom stereocenters. The number of nitrogens with one attached hydrogen (secondary N) is 1. The largest absolute Gasteiger partial charge is 0.478 e.